The molecule has 82 heavy (non-hydrogen) atoms. The van der Waals surface area contributed by atoms with E-state index in [1.54, 1.807) is 0 Å². The SMILES string of the molecule is c1cc2ccc3ccc(-c4ccc5ccc6c(-c7ccc8c(c7)C7(CCCCC7)c7cc(-c9ccc%10ccc%11c(-c%12ccc%13ccc%14cccc%15ccc%12c%13c%14%15)ccc%12ccc9c%10c%12%11)ccc7-8)ccc7ccc4c5c76)c4ccc(c1)c2c34. The lowest BCUT2D eigenvalue weighted by Gasteiger charge is -2.36. The first-order chi connectivity index (χ1) is 40.6. The van der Waals surface area contributed by atoms with E-state index in [2.05, 4.69) is 243 Å². The van der Waals surface area contributed by atoms with E-state index in [1.807, 2.05) is 0 Å². The third-order valence-corrected chi connectivity index (χ3v) is 20.7. The van der Waals surface area contributed by atoms with Gasteiger partial charge in [0.15, 0.2) is 0 Å². The molecule has 0 heteroatoms. The second kappa shape index (κ2) is 15.7. The van der Waals surface area contributed by atoms with Gasteiger partial charge in [0.2, 0.25) is 0 Å². The van der Waals surface area contributed by atoms with Gasteiger partial charge >= 0.3 is 0 Å². The molecule has 0 aromatic heterocycles. The van der Waals surface area contributed by atoms with Gasteiger partial charge in [-0.15, -0.1) is 0 Å². The molecule has 0 unspecified atom stereocenters. The summed E-state index contributed by atoms with van der Waals surface area (Å²) in [5.74, 6) is 0. The fraction of sp³-hybridized carbons (Fsp3) is 0.0732. The predicted molar refractivity (Wildman–Crippen MR) is 352 cm³/mol. The monoisotopic (exact) mass is 1030 g/mol. The zero-order valence-corrected chi connectivity index (χ0v) is 45.1. The fourth-order valence-corrected chi connectivity index (χ4v) is 17.0. The van der Waals surface area contributed by atoms with Gasteiger partial charge in [0, 0.05) is 5.41 Å². The highest BCUT2D eigenvalue weighted by Gasteiger charge is 2.44. The second-order valence-electron chi connectivity index (χ2n) is 24.4. The van der Waals surface area contributed by atoms with Crippen LogP contribution in [-0.4, -0.2) is 0 Å². The van der Waals surface area contributed by atoms with E-state index < -0.39 is 0 Å². The molecule has 2 aliphatic rings. The van der Waals surface area contributed by atoms with Gasteiger partial charge in [-0.1, -0.05) is 250 Å². The lowest BCUT2D eigenvalue weighted by atomic mass is 9.67. The van der Waals surface area contributed by atoms with Crippen LogP contribution in [0.1, 0.15) is 43.2 Å². The van der Waals surface area contributed by atoms with Crippen LogP contribution in [0.15, 0.2) is 243 Å². The Morgan fingerprint density at radius 1 is 0.195 bits per heavy atom. The Morgan fingerprint density at radius 2 is 0.439 bits per heavy atom. The lowest BCUT2D eigenvalue weighted by Crippen LogP contribution is -2.28. The van der Waals surface area contributed by atoms with Gasteiger partial charge in [0.25, 0.3) is 0 Å². The van der Waals surface area contributed by atoms with Crippen molar-refractivity contribution in [1.82, 2.24) is 0 Å². The van der Waals surface area contributed by atoms with Gasteiger partial charge in [0.1, 0.15) is 0 Å². The smallest absolute Gasteiger partial charge is 0.0215 e. The molecule has 0 aliphatic heterocycles. The molecule has 18 aromatic rings. The minimum Gasteiger partial charge on any atom is -0.0610 e. The molecule has 0 amide bonds. The predicted octanol–water partition coefficient (Wildman–Crippen LogP) is 23.2. The van der Waals surface area contributed by atoms with Gasteiger partial charge in [-0.25, -0.2) is 0 Å². The zero-order chi connectivity index (χ0) is 53.1. The van der Waals surface area contributed by atoms with Crippen LogP contribution in [-0.2, 0) is 5.41 Å². The molecule has 0 saturated heterocycles. The van der Waals surface area contributed by atoms with Crippen molar-refractivity contribution in [3.63, 3.8) is 0 Å². The summed E-state index contributed by atoms with van der Waals surface area (Å²) < 4.78 is 0. The van der Waals surface area contributed by atoms with Gasteiger partial charge in [-0.3, -0.25) is 0 Å². The first-order valence-corrected chi connectivity index (χ1v) is 29.7. The summed E-state index contributed by atoms with van der Waals surface area (Å²) in [5.41, 5.74) is 16.3. The van der Waals surface area contributed by atoms with E-state index in [4.69, 9.17) is 0 Å². The van der Waals surface area contributed by atoms with E-state index in [0.29, 0.717) is 0 Å². The van der Waals surface area contributed by atoms with Crippen LogP contribution in [0.25, 0.3) is 185 Å². The number of hydrogen-bond acceptors (Lipinski definition) is 0. The van der Waals surface area contributed by atoms with E-state index in [9.17, 15) is 0 Å². The molecule has 0 N–H and O–H groups in total. The van der Waals surface area contributed by atoms with Crippen molar-refractivity contribution in [3.8, 4) is 55.6 Å². The Balaban J connectivity index is 0.719. The van der Waals surface area contributed by atoms with Gasteiger partial charge in [-0.2, -0.15) is 0 Å². The minimum absolute atomic E-state index is 0.0341. The van der Waals surface area contributed by atoms with Crippen LogP contribution in [0.3, 0.4) is 0 Å². The highest BCUT2D eigenvalue weighted by Crippen LogP contribution is 2.58. The second-order valence-corrected chi connectivity index (χ2v) is 24.4. The summed E-state index contributed by atoms with van der Waals surface area (Å²) in [6, 6.07) is 94.5. The third kappa shape index (κ3) is 5.62. The van der Waals surface area contributed by atoms with Crippen LogP contribution in [0.2, 0.25) is 0 Å². The average molecular weight is 1040 g/mol. The maximum absolute atomic E-state index is 2.62. The van der Waals surface area contributed by atoms with Crippen LogP contribution >= 0.6 is 0 Å². The molecule has 0 bridgehead atoms. The molecule has 0 atom stereocenters. The molecule has 1 spiro atoms. The molecule has 378 valence electrons. The first-order valence-electron chi connectivity index (χ1n) is 29.7. The number of hydrogen-bond donors (Lipinski definition) is 0. The van der Waals surface area contributed by atoms with Gasteiger partial charge < -0.3 is 0 Å². The molecule has 0 heterocycles. The van der Waals surface area contributed by atoms with E-state index in [1.165, 1.54) is 228 Å². The highest BCUT2D eigenvalue weighted by molar-refractivity contribution is 6.33. The maximum Gasteiger partial charge on any atom is 0.0215 e. The fourth-order valence-electron chi connectivity index (χ4n) is 17.0. The first kappa shape index (κ1) is 43.9. The summed E-state index contributed by atoms with van der Waals surface area (Å²) in [4.78, 5) is 0. The van der Waals surface area contributed by atoms with Crippen molar-refractivity contribution in [2.75, 3.05) is 0 Å². The van der Waals surface area contributed by atoms with Crippen molar-refractivity contribution in [1.29, 1.82) is 0 Å². The van der Waals surface area contributed by atoms with Crippen LogP contribution in [0.5, 0.6) is 0 Å². The number of rotatable bonds is 4. The Labute approximate surface area is 473 Å². The zero-order valence-electron chi connectivity index (χ0n) is 45.1. The summed E-state index contributed by atoms with van der Waals surface area (Å²) in [6.45, 7) is 0. The Morgan fingerprint density at radius 3 is 0.768 bits per heavy atom. The standard InChI is InChI=1S/C82H50/c1-2-42-82(43-3-1)72-44-56(58-28-14-52-24-40-70-62(32-18-54-22-36-66(58)78(52)80(54)70)60-30-16-50-12-10-46-6-4-8-48-20-38-68(60)76(50)74(46)48)26-34-64(72)65-35-27-57(45-73(65)82)59-29-15-53-25-41-71-63(33-19-55-23-37-67(59)79(53)81(55)71)61-31-17-51-13-11-47-7-5-9-49-21-39-69(61)77(51)75(47)49/h4-41,44-45H,1-3,42-43H2. The topological polar surface area (TPSA) is 0 Å². The minimum atomic E-state index is -0.0341. The average Bonchev–Trinajstić information content (AvgIpc) is 4.03. The quantitative estimate of drug-likeness (QED) is 0.154. The van der Waals surface area contributed by atoms with Crippen molar-refractivity contribution < 1.29 is 0 Å². The molecule has 0 radical (unpaired) electrons. The molecule has 1 saturated carbocycles. The lowest BCUT2D eigenvalue weighted by molar-refractivity contribution is 0.353. The molecular formula is C82H50. The van der Waals surface area contributed by atoms with Gasteiger partial charge in [0.05, 0.1) is 0 Å². The summed E-state index contributed by atoms with van der Waals surface area (Å²) in [6.07, 6.45) is 6.13. The van der Waals surface area contributed by atoms with Crippen LogP contribution in [0, 0.1) is 0 Å². The van der Waals surface area contributed by atoms with Crippen molar-refractivity contribution >= 4 is 129 Å². The van der Waals surface area contributed by atoms with Crippen LogP contribution in [0.4, 0.5) is 0 Å². The Kier molecular flexibility index (Phi) is 8.43. The number of fused-ring (bicyclic) bond motifs is 5. The molecule has 2 aliphatic carbocycles. The van der Waals surface area contributed by atoms with Crippen molar-refractivity contribution in [3.05, 3.63) is 254 Å². The van der Waals surface area contributed by atoms with E-state index in [-0.39, 0.29) is 5.41 Å². The Bertz CT molecular complexity index is 5400. The maximum atomic E-state index is 2.62. The molecule has 0 nitrogen and oxygen atoms in total. The summed E-state index contributed by atoms with van der Waals surface area (Å²) in [7, 11) is 0. The van der Waals surface area contributed by atoms with E-state index in [0.717, 1.165) is 0 Å². The van der Waals surface area contributed by atoms with E-state index >= 15 is 0 Å². The molecule has 20 rings (SSSR count). The molecule has 1 fully saturated rings. The summed E-state index contributed by atoms with van der Waals surface area (Å²) in [5, 5.41) is 31.8. The molecular weight excluding hydrogens is 985 g/mol. The normalized spacial score (nSPS) is 14.4. The van der Waals surface area contributed by atoms with Gasteiger partial charge in [-0.05, 0) is 221 Å². The highest BCUT2D eigenvalue weighted by atomic mass is 14.5. The van der Waals surface area contributed by atoms with Crippen molar-refractivity contribution in [2.24, 2.45) is 0 Å². The Hall–Kier alpha value is -9.88. The largest absolute Gasteiger partial charge is 0.0610 e. The summed E-state index contributed by atoms with van der Waals surface area (Å²) >= 11 is 0. The van der Waals surface area contributed by atoms with Crippen molar-refractivity contribution in [2.45, 2.75) is 37.5 Å². The number of benzene rings is 18. The third-order valence-electron chi connectivity index (χ3n) is 20.7. The van der Waals surface area contributed by atoms with Crippen LogP contribution < -0.4 is 0 Å². The molecule has 18 aromatic carbocycles.